The van der Waals surface area contributed by atoms with E-state index in [9.17, 15) is 9.59 Å². The van der Waals surface area contributed by atoms with Crippen molar-refractivity contribution in [2.45, 2.75) is 38.6 Å². The van der Waals surface area contributed by atoms with Crippen molar-refractivity contribution in [3.63, 3.8) is 0 Å². The summed E-state index contributed by atoms with van der Waals surface area (Å²) >= 11 is 0. The molecule has 2 aliphatic rings. The number of aldehydes is 1. The molecule has 2 aromatic rings. The molecule has 158 valence electrons. The molecule has 0 aliphatic heterocycles. The summed E-state index contributed by atoms with van der Waals surface area (Å²) in [5, 5.41) is 3.65. The van der Waals surface area contributed by atoms with Gasteiger partial charge in [-0.25, -0.2) is 4.99 Å². The fraction of sp³-hybridized carbons (Fsp3) is 0.240. The number of nitrogens with two attached hydrogens (primary N) is 2. The van der Waals surface area contributed by atoms with Crippen molar-refractivity contribution in [2.75, 3.05) is 0 Å². The third-order valence-corrected chi connectivity index (χ3v) is 5.56. The van der Waals surface area contributed by atoms with Gasteiger partial charge >= 0.3 is 0 Å². The number of Topliss-reactive ketones (excluding diaryl/α,β-unsaturated/α-hetero) is 1. The van der Waals surface area contributed by atoms with Gasteiger partial charge in [-0.05, 0) is 55.9 Å². The maximum Gasteiger partial charge on any atom is 0.283 e. The normalized spacial score (nSPS) is 16.1. The molecule has 0 saturated heterocycles. The first-order valence-electron chi connectivity index (χ1n) is 10.5. The Balaban J connectivity index is 1.64. The number of hydrogen-bond acceptors (Lipinski definition) is 4. The molecule has 6 heteroatoms. The SMILES string of the molecule is Cc1ccc(C(NC2CC2)=C2CC2)cc1[NH+]=C(N)C(=CN)C(=O)c1cccc(C=O)c1. The van der Waals surface area contributed by atoms with E-state index >= 15 is 0 Å². The second-order valence-electron chi connectivity index (χ2n) is 8.12. The summed E-state index contributed by atoms with van der Waals surface area (Å²) in [5.41, 5.74) is 18.6. The molecule has 2 aromatic carbocycles. The van der Waals surface area contributed by atoms with Crippen LogP contribution in [0.4, 0.5) is 5.69 Å². The molecule has 0 bridgehead atoms. The van der Waals surface area contributed by atoms with E-state index in [2.05, 4.69) is 22.4 Å². The summed E-state index contributed by atoms with van der Waals surface area (Å²) in [6.07, 6.45) is 6.59. The van der Waals surface area contributed by atoms with Crippen LogP contribution in [0.5, 0.6) is 0 Å². The standard InChI is InChI=1S/C25H26N4O2/c1-15-5-6-18(23(17-7-8-17)28-20-9-10-20)12-22(15)29-25(27)21(13-26)24(31)19-4-2-3-16(11-19)14-30/h2-6,11-14,20,28H,7-10,26H2,1H3,(H2,27,29)/p+1. The molecule has 0 unspecified atom stereocenters. The molecule has 0 aromatic heterocycles. The third-order valence-electron chi connectivity index (χ3n) is 5.56. The summed E-state index contributed by atoms with van der Waals surface area (Å²) in [6, 6.07) is 13.2. The van der Waals surface area contributed by atoms with Crippen LogP contribution in [-0.4, -0.2) is 23.9 Å². The second kappa shape index (κ2) is 8.60. The molecule has 0 spiro atoms. The number of allylic oxidation sites excluding steroid dienone is 1. The maximum atomic E-state index is 12.9. The molecular weight excluding hydrogens is 388 g/mol. The number of aryl methyl sites for hydroxylation is 1. The Morgan fingerprint density at radius 3 is 2.55 bits per heavy atom. The van der Waals surface area contributed by atoms with E-state index in [0.29, 0.717) is 23.5 Å². The minimum absolute atomic E-state index is 0.157. The number of amidine groups is 1. The molecule has 2 fully saturated rings. The predicted molar refractivity (Wildman–Crippen MR) is 122 cm³/mol. The van der Waals surface area contributed by atoms with E-state index in [1.165, 1.54) is 36.4 Å². The molecular formula is C25H27N4O2+. The van der Waals surface area contributed by atoms with E-state index in [0.717, 1.165) is 29.7 Å². The average molecular weight is 416 g/mol. The van der Waals surface area contributed by atoms with Gasteiger partial charge in [0.05, 0.1) is 0 Å². The highest BCUT2D eigenvalue weighted by Crippen LogP contribution is 2.37. The lowest BCUT2D eigenvalue weighted by Gasteiger charge is -2.12. The zero-order valence-corrected chi connectivity index (χ0v) is 17.6. The molecule has 0 atom stereocenters. The number of carbonyl (C=O) groups excluding carboxylic acids is 2. The number of nitrogens with one attached hydrogen (secondary N) is 2. The predicted octanol–water partition coefficient (Wildman–Crippen LogP) is 1.86. The summed E-state index contributed by atoms with van der Waals surface area (Å²) in [6.45, 7) is 1.98. The molecule has 6 N–H and O–H groups in total. The van der Waals surface area contributed by atoms with Gasteiger partial charge in [0, 0.05) is 34.6 Å². The number of carbonyl (C=O) groups is 2. The van der Waals surface area contributed by atoms with Crippen molar-refractivity contribution in [1.29, 1.82) is 0 Å². The first kappa shape index (κ1) is 20.6. The number of ketones is 1. The van der Waals surface area contributed by atoms with Crippen molar-refractivity contribution >= 4 is 29.3 Å². The summed E-state index contributed by atoms with van der Waals surface area (Å²) in [4.78, 5) is 27.1. The van der Waals surface area contributed by atoms with Gasteiger partial charge in [-0.1, -0.05) is 30.3 Å². The van der Waals surface area contributed by atoms with Crippen molar-refractivity contribution in [3.8, 4) is 0 Å². The van der Waals surface area contributed by atoms with Crippen molar-refractivity contribution < 1.29 is 14.6 Å². The van der Waals surface area contributed by atoms with Crippen LogP contribution in [0, 0.1) is 6.92 Å². The van der Waals surface area contributed by atoms with E-state index in [1.54, 1.807) is 18.2 Å². The summed E-state index contributed by atoms with van der Waals surface area (Å²) in [5.74, 6) is -0.179. The molecule has 6 nitrogen and oxygen atoms in total. The maximum absolute atomic E-state index is 12.9. The van der Waals surface area contributed by atoms with Crippen LogP contribution in [0.25, 0.3) is 5.70 Å². The summed E-state index contributed by atoms with van der Waals surface area (Å²) in [7, 11) is 0. The molecule has 2 saturated carbocycles. The smallest absolute Gasteiger partial charge is 0.283 e. The fourth-order valence-corrected chi connectivity index (χ4v) is 3.45. The highest BCUT2D eigenvalue weighted by Gasteiger charge is 2.27. The lowest BCUT2D eigenvalue weighted by molar-refractivity contribution is -0.354. The lowest BCUT2D eigenvalue weighted by atomic mass is 10.0. The zero-order chi connectivity index (χ0) is 22.0. The Labute approximate surface area is 181 Å². The number of hydrogen-bond donors (Lipinski definition) is 4. The van der Waals surface area contributed by atoms with Gasteiger partial charge in [0.1, 0.15) is 17.5 Å². The second-order valence-corrected chi connectivity index (χ2v) is 8.12. The van der Waals surface area contributed by atoms with Gasteiger partial charge in [0.2, 0.25) is 5.78 Å². The van der Waals surface area contributed by atoms with Crippen LogP contribution in [0.1, 0.15) is 57.5 Å². The highest BCUT2D eigenvalue weighted by atomic mass is 16.1. The van der Waals surface area contributed by atoms with Crippen LogP contribution in [0.2, 0.25) is 0 Å². The Hall–Kier alpha value is -3.67. The summed E-state index contributed by atoms with van der Waals surface area (Å²) < 4.78 is 0. The molecule has 0 radical (unpaired) electrons. The molecule has 31 heavy (non-hydrogen) atoms. The van der Waals surface area contributed by atoms with Crippen LogP contribution in [0.15, 0.2) is 59.8 Å². The van der Waals surface area contributed by atoms with E-state index in [-0.39, 0.29) is 17.2 Å². The van der Waals surface area contributed by atoms with Gasteiger partial charge in [-0.15, -0.1) is 0 Å². The monoisotopic (exact) mass is 415 g/mol. The Bertz CT molecular complexity index is 1130. The van der Waals surface area contributed by atoms with Crippen molar-refractivity contribution in [3.05, 3.63) is 82.1 Å². The highest BCUT2D eigenvalue weighted by molar-refractivity contribution is 6.25. The van der Waals surface area contributed by atoms with E-state index < -0.39 is 0 Å². The van der Waals surface area contributed by atoms with Crippen molar-refractivity contribution in [1.82, 2.24) is 5.32 Å². The zero-order valence-electron chi connectivity index (χ0n) is 17.6. The Morgan fingerprint density at radius 2 is 1.90 bits per heavy atom. The van der Waals surface area contributed by atoms with E-state index in [1.807, 2.05) is 13.0 Å². The molecule has 0 amide bonds. The first-order valence-corrected chi connectivity index (χ1v) is 10.5. The molecule has 0 heterocycles. The fourth-order valence-electron chi connectivity index (χ4n) is 3.45. The van der Waals surface area contributed by atoms with Gasteiger partial charge < -0.3 is 11.1 Å². The largest absolute Gasteiger partial charge is 0.404 e. The van der Waals surface area contributed by atoms with E-state index in [4.69, 9.17) is 11.5 Å². The van der Waals surface area contributed by atoms with Gasteiger partial charge in [-0.2, -0.15) is 0 Å². The van der Waals surface area contributed by atoms with Crippen LogP contribution in [-0.2, 0) is 0 Å². The van der Waals surface area contributed by atoms with Gasteiger partial charge in [0.25, 0.3) is 5.84 Å². The lowest BCUT2D eigenvalue weighted by Crippen LogP contribution is -2.70. The first-order chi connectivity index (χ1) is 15.0. The van der Waals surface area contributed by atoms with Crippen LogP contribution < -0.4 is 21.8 Å². The number of benzene rings is 2. The average Bonchev–Trinajstić information content (AvgIpc) is 3.68. The number of rotatable bonds is 8. The quantitative estimate of drug-likeness (QED) is 0.173. The third kappa shape index (κ3) is 4.74. The topological polar surface area (TPSA) is 112 Å². The Kier molecular flexibility index (Phi) is 5.71. The van der Waals surface area contributed by atoms with Crippen molar-refractivity contribution in [2.24, 2.45) is 11.5 Å². The molecule has 4 rings (SSSR count). The van der Waals surface area contributed by atoms with Gasteiger partial charge in [0.15, 0.2) is 0 Å². The van der Waals surface area contributed by atoms with Gasteiger partial charge in [-0.3, -0.25) is 15.3 Å². The minimum Gasteiger partial charge on any atom is -0.404 e. The van der Waals surface area contributed by atoms with Crippen LogP contribution in [0.3, 0.4) is 0 Å². The minimum atomic E-state index is -0.346. The Morgan fingerprint density at radius 1 is 1.13 bits per heavy atom. The van der Waals surface area contributed by atoms with Crippen LogP contribution >= 0.6 is 0 Å². The molecule has 2 aliphatic carbocycles.